The van der Waals surface area contributed by atoms with Crippen molar-refractivity contribution >= 4 is 23.5 Å². The van der Waals surface area contributed by atoms with Gasteiger partial charge in [0.1, 0.15) is 0 Å². The summed E-state index contributed by atoms with van der Waals surface area (Å²) in [5, 5.41) is 0. The molecular weight excluding hydrogens is 246 g/mol. The molecule has 0 bridgehead atoms. The molecule has 0 amide bonds. The Morgan fingerprint density at radius 2 is 1.76 bits per heavy atom. The first-order chi connectivity index (χ1) is 8.43. The maximum absolute atomic E-state index is 2.59. The molecule has 1 aliphatic rings. The lowest BCUT2D eigenvalue weighted by molar-refractivity contribution is 0.358. The minimum absolute atomic E-state index is 1.28. The predicted molar refractivity (Wildman–Crippen MR) is 84.2 cm³/mol. The summed E-state index contributed by atoms with van der Waals surface area (Å²) >= 11 is 4.25. The highest BCUT2D eigenvalue weighted by Crippen LogP contribution is 2.15. The van der Waals surface area contributed by atoms with E-state index in [1.165, 1.54) is 81.2 Å². The minimum Gasteiger partial charge on any atom is -0.293 e. The van der Waals surface area contributed by atoms with Crippen LogP contribution in [-0.2, 0) is 0 Å². The van der Waals surface area contributed by atoms with Crippen molar-refractivity contribution in [3.05, 3.63) is 0 Å². The SMILES string of the molecule is CCCCCCCCSCCCN1CCSC1. The number of hydrogen-bond acceptors (Lipinski definition) is 3. The van der Waals surface area contributed by atoms with Gasteiger partial charge in [-0.15, -0.1) is 11.8 Å². The predicted octanol–water partition coefficient (Wildman–Crippen LogP) is 4.48. The zero-order chi connectivity index (χ0) is 12.2. The van der Waals surface area contributed by atoms with Crippen molar-refractivity contribution in [2.45, 2.75) is 51.9 Å². The van der Waals surface area contributed by atoms with Crippen molar-refractivity contribution in [3.8, 4) is 0 Å². The van der Waals surface area contributed by atoms with Crippen LogP contribution in [0.25, 0.3) is 0 Å². The largest absolute Gasteiger partial charge is 0.293 e. The number of nitrogens with zero attached hydrogens (tertiary/aromatic N) is 1. The molecule has 0 unspecified atom stereocenters. The number of hydrogen-bond donors (Lipinski definition) is 0. The van der Waals surface area contributed by atoms with Gasteiger partial charge in [0.25, 0.3) is 0 Å². The quantitative estimate of drug-likeness (QED) is 0.512. The standard InChI is InChI=1S/C14H29NS2/c1-2-3-4-5-6-7-11-16-12-8-9-15-10-13-17-14-15/h2-14H2,1H3. The Bertz CT molecular complexity index is 158. The molecule has 0 aromatic heterocycles. The highest BCUT2D eigenvalue weighted by Gasteiger charge is 2.10. The van der Waals surface area contributed by atoms with Crippen LogP contribution in [0.2, 0.25) is 0 Å². The first-order valence-electron chi connectivity index (χ1n) is 7.31. The molecule has 0 aromatic carbocycles. The van der Waals surface area contributed by atoms with Gasteiger partial charge in [-0.05, 0) is 30.9 Å². The van der Waals surface area contributed by atoms with Gasteiger partial charge in [0.15, 0.2) is 0 Å². The van der Waals surface area contributed by atoms with Crippen LogP contribution in [0.15, 0.2) is 0 Å². The third-order valence-electron chi connectivity index (χ3n) is 3.23. The molecule has 0 aromatic rings. The van der Waals surface area contributed by atoms with Gasteiger partial charge in [0.05, 0.1) is 0 Å². The summed E-state index contributed by atoms with van der Waals surface area (Å²) in [7, 11) is 0. The lowest BCUT2D eigenvalue weighted by atomic mass is 10.1. The van der Waals surface area contributed by atoms with Crippen LogP contribution in [0.1, 0.15) is 51.9 Å². The van der Waals surface area contributed by atoms with E-state index >= 15 is 0 Å². The number of unbranched alkanes of at least 4 members (excludes halogenated alkanes) is 5. The van der Waals surface area contributed by atoms with E-state index < -0.39 is 0 Å². The fraction of sp³-hybridized carbons (Fsp3) is 1.00. The second-order valence-corrected chi connectivity index (χ2v) is 7.19. The summed E-state index contributed by atoms with van der Waals surface area (Å²) in [6.45, 7) is 4.94. The average molecular weight is 276 g/mol. The van der Waals surface area contributed by atoms with Gasteiger partial charge >= 0.3 is 0 Å². The Labute approximate surface area is 116 Å². The van der Waals surface area contributed by atoms with Crippen LogP contribution in [0.4, 0.5) is 0 Å². The highest BCUT2D eigenvalue weighted by molar-refractivity contribution is 7.99. The van der Waals surface area contributed by atoms with Gasteiger partial charge < -0.3 is 0 Å². The third kappa shape index (κ3) is 9.26. The molecular formula is C14H29NS2. The first kappa shape index (κ1) is 15.7. The van der Waals surface area contributed by atoms with Gasteiger partial charge in [-0.2, -0.15) is 11.8 Å². The van der Waals surface area contributed by atoms with Crippen LogP contribution in [0.3, 0.4) is 0 Å². The van der Waals surface area contributed by atoms with Crippen LogP contribution >= 0.6 is 23.5 Å². The van der Waals surface area contributed by atoms with Gasteiger partial charge in [-0.25, -0.2) is 0 Å². The van der Waals surface area contributed by atoms with Crippen molar-refractivity contribution in [3.63, 3.8) is 0 Å². The fourth-order valence-corrected chi connectivity index (χ4v) is 4.08. The lowest BCUT2D eigenvalue weighted by Crippen LogP contribution is -2.21. The molecule has 0 atom stereocenters. The Hall–Kier alpha value is 0.660. The molecule has 3 heteroatoms. The Kier molecular flexibility index (Phi) is 10.8. The molecule has 1 nitrogen and oxygen atoms in total. The van der Waals surface area contributed by atoms with Crippen molar-refractivity contribution in [2.24, 2.45) is 0 Å². The Balaban J connectivity index is 1.69. The molecule has 0 spiro atoms. The normalized spacial score (nSPS) is 16.8. The van der Waals surface area contributed by atoms with Crippen molar-refractivity contribution in [1.82, 2.24) is 4.90 Å². The van der Waals surface area contributed by atoms with E-state index in [-0.39, 0.29) is 0 Å². The molecule has 0 N–H and O–H groups in total. The molecule has 1 rings (SSSR count). The second-order valence-electron chi connectivity index (χ2n) is 4.89. The Morgan fingerprint density at radius 1 is 1.00 bits per heavy atom. The van der Waals surface area contributed by atoms with Gasteiger partial charge in [0, 0.05) is 18.2 Å². The van der Waals surface area contributed by atoms with E-state index in [0.717, 1.165) is 0 Å². The summed E-state index contributed by atoms with van der Waals surface area (Å²) in [6, 6.07) is 0. The molecule has 102 valence electrons. The Morgan fingerprint density at radius 3 is 2.53 bits per heavy atom. The van der Waals surface area contributed by atoms with Crippen LogP contribution < -0.4 is 0 Å². The van der Waals surface area contributed by atoms with Crippen LogP contribution in [-0.4, -0.2) is 41.1 Å². The van der Waals surface area contributed by atoms with E-state index in [1.807, 2.05) is 0 Å². The van der Waals surface area contributed by atoms with E-state index in [4.69, 9.17) is 0 Å². The summed E-state index contributed by atoms with van der Waals surface area (Å²) in [6.07, 6.45) is 9.99. The number of rotatable bonds is 11. The molecule has 1 saturated heterocycles. The molecule has 0 saturated carbocycles. The topological polar surface area (TPSA) is 3.24 Å². The minimum atomic E-state index is 1.28. The van der Waals surface area contributed by atoms with E-state index in [9.17, 15) is 0 Å². The molecule has 0 radical (unpaired) electrons. The summed E-state index contributed by atoms with van der Waals surface area (Å²) in [5.41, 5.74) is 0. The van der Waals surface area contributed by atoms with Gasteiger partial charge in [-0.3, -0.25) is 4.90 Å². The van der Waals surface area contributed by atoms with E-state index in [0.29, 0.717) is 0 Å². The first-order valence-corrected chi connectivity index (χ1v) is 9.62. The fourth-order valence-electron chi connectivity index (χ4n) is 2.10. The molecule has 17 heavy (non-hydrogen) atoms. The van der Waals surface area contributed by atoms with E-state index in [1.54, 1.807) is 0 Å². The average Bonchev–Trinajstić information content (AvgIpc) is 2.85. The second kappa shape index (κ2) is 11.7. The zero-order valence-electron chi connectivity index (χ0n) is 11.5. The van der Waals surface area contributed by atoms with Crippen molar-refractivity contribution in [1.29, 1.82) is 0 Å². The van der Waals surface area contributed by atoms with Crippen LogP contribution in [0.5, 0.6) is 0 Å². The molecule has 1 fully saturated rings. The van der Waals surface area contributed by atoms with Crippen LogP contribution in [0, 0.1) is 0 Å². The maximum Gasteiger partial charge on any atom is 0.0445 e. The summed E-state index contributed by atoms with van der Waals surface area (Å²) < 4.78 is 0. The monoisotopic (exact) mass is 275 g/mol. The molecule has 0 aliphatic carbocycles. The number of thioether (sulfide) groups is 2. The summed E-state index contributed by atoms with van der Waals surface area (Å²) in [5.74, 6) is 5.39. The molecule has 1 aliphatic heterocycles. The maximum atomic E-state index is 2.59. The summed E-state index contributed by atoms with van der Waals surface area (Å²) in [4.78, 5) is 2.59. The third-order valence-corrected chi connectivity index (χ3v) is 5.40. The van der Waals surface area contributed by atoms with E-state index in [2.05, 4.69) is 35.3 Å². The van der Waals surface area contributed by atoms with Gasteiger partial charge in [-0.1, -0.05) is 39.0 Å². The highest BCUT2D eigenvalue weighted by atomic mass is 32.2. The van der Waals surface area contributed by atoms with Crippen molar-refractivity contribution < 1.29 is 0 Å². The lowest BCUT2D eigenvalue weighted by Gasteiger charge is -2.12. The smallest absolute Gasteiger partial charge is 0.0445 e. The zero-order valence-corrected chi connectivity index (χ0v) is 13.1. The van der Waals surface area contributed by atoms with Crippen molar-refractivity contribution in [2.75, 3.05) is 36.2 Å². The van der Waals surface area contributed by atoms with Gasteiger partial charge in [0.2, 0.25) is 0 Å². The molecule has 1 heterocycles.